The molecule has 3 aliphatic rings. The van der Waals surface area contributed by atoms with Gasteiger partial charge in [-0.25, -0.2) is 0 Å². The van der Waals surface area contributed by atoms with Crippen LogP contribution >= 0.6 is 0 Å². The lowest BCUT2D eigenvalue weighted by Crippen LogP contribution is -2.53. The van der Waals surface area contributed by atoms with Crippen LogP contribution in [0.1, 0.15) is 49.7 Å². The van der Waals surface area contributed by atoms with Crippen molar-refractivity contribution in [1.82, 2.24) is 9.80 Å². The van der Waals surface area contributed by atoms with E-state index >= 15 is 0 Å². The first-order valence-corrected chi connectivity index (χ1v) is 10.8. The summed E-state index contributed by atoms with van der Waals surface area (Å²) < 4.78 is 5.75. The molecular weight excluding hydrogens is 352 g/mol. The molecule has 4 rings (SSSR count). The van der Waals surface area contributed by atoms with Crippen LogP contribution in [0.25, 0.3) is 0 Å². The highest BCUT2D eigenvalue weighted by atomic mass is 16.5. The molecule has 1 aromatic rings. The number of carbonyl (C=O) groups excluding carboxylic acids is 2. The van der Waals surface area contributed by atoms with Crippen molar-refractivity contribution >= 4 is 11.8 Å². The number of rotatable bonds is 4. The van der Waals surface area contributed by atoms with Crippen molar-refractivity contribution in [1.29, 1.82) is 0 Å². The van der Waals surface area contributed by atoms with Crippen molar-refractivity contribution in [3.8, 4) is 0 Å². The zero-order valence-corrected chi connectivity index (χ0v) is 17.0. The SMILES string of the molecule is Cc1ccccc1CC(=O)N1CCC2(CCC(=O)N(C[C@H]3CCCO3)C2)CC1. The summed E-state index contributed by atoms with van der Waals surface area (Å²) in [5.41, 5.74) is 2.49. The van der Waals surface area contributed by atoms with Gasteiger partial charge in [-0.05, 0) is 55.6 Å². The number of amides is 2. The molecule has 5 nitrogen and oxygen atoms in total. The quantitative estimate of drug-likeness (QED) is 0.802. The van der Waals surface area contributed by atoms with Crippen LogP contribution in [0.5, 0.6) is 0 Å². The molecule has 1 aromatic carbocycles. The van der Waals surface area contributed by atoms with Crippen molar-refractivity contribution in [2.75, 3.05) is 32.8 Å². The lowest BCUT2D eigenvalue weighted by Gasteiger charge is -2.47. The fourth-order valence-corrected chi connectivity index (χ4v) is 5.02. The Morgan fingerprint density at radius 2 is 2.00 bits per heavy atom. The summed E-state index contributed by atoms with van der Waals surface area (Å²) in [6.45, 7) is 6.10. The average molecular weight is 385 g/mol. The van der Waals surface area contributed by atoms with E-state index in [9.17, 15) is 9.59 Å². The van der Waals surface area contributed by atoms with Gasteiger partial charge < -0.3 is 14.5 Å². The molecular formula is C23H32N2O3. The Balaban J connectivity index is 1.33. The molecule has 0 aromatic heterocycles. The van der Waals surface area contributed by atoms with Crippen LogP contribution in [0.15, 0.2) is 24.3 Å². The molecule has 152 valence electrons. The highest BCUT2D eigenvalue weighted by Crippen LogP contribution is 2.40. The average Bonchev–Trinajstić information content (AvgIpc) is 3.20. The predicted octanol–water partition coefficient (Wildman–Crippen LogP) is 2.95. The summed E-state index contributed by atoms with van der Waals surface area (Å²) in [7, 11) is 0. The molecule has 3 heterocycles. The smallest absolute Gasteiger partial charge is 0.226 e. The number of carbonyl (C=O) groups is 2. The first-order chi connectivity index (χ1) is 13.5. The Labute approximate surface area is 168 Å². The Morgan fingerprint density at radius 3 is 2.71 bits per heavy atom. The number of nitrogens with zero attached hydrogens (tertiary/aromatic N) is 2. The Hall–Kier alpha value is -1.88. The van der Waals surface area contributed by atoms with Crippen LogP contribution in [0.2, 0.25) is 0 Å². The topological polar surface area (TPSA) is 49.9 Å². The van der Waals surface area contributed by atoms with E-state index < -0.39 is 0 Å². The molecule has 3 fully saturated rings. The van der Waals surface area contributed by atoms with Crippen LogP contribution in [-0.2, 0) is 20.7 Å². The fraction of sp³-hybridized carbons (Fsp3) is 0.652. The molecule has 1 atom stereocenters. The number of hydrogen-bond acceptors (Lipinski definition) is 3. The molecule has 5 heteroatoms. The second-order valence-corrected chi connectivity index (χ2v) is 8.89. The zero-order chi connectivity index (χ0) is 19.6. The summed E-state index contributed by atoms with van der Waals surface area (Å²) in [4.78, 5) is 29.3. The summed E-state index contributed by atoms with van der Waals surface area (Å²) in [6, 6.07) is 8.13. The minimum atomic E-state index is 0.186. The molecule has 0 saturated carbocycles. The van der Waals surface area contributed by atoms with Gasteiger partial charge in [-0.15, -0.1) is 0 Å². The molecule has 0 radical (unpaired) electrons. The third-order valence-corrected chi connectivity index (χ3v) is 6.98. The minimum absolute atomic E-state index is 0.186. The highest BCUT2D eigenvalue weighted by molar-refractivity contribution is 5.79. The Kier molecular flexibility index (Phi) is 5.72. The molecule has 3 saturated heterocycles. The lowest BCUT2D eigenvalue weighted by atomic mass is 9.72. The maximum absolute atomic E-state index is 12.8. The highest BCUT2D eigenvalue weighted by Gasteiger charge is 2.42. The fourth-order valence-electron chi connectivity index (χ4n) is 5.02. The largest absolute Gasteiger partial charge is 0.376 e. The van der Waals surface area contributed by atoms with Gasteiger partial charge in [0.15, 0.2) is 0 Å². The maximum atomic E-state index is 12.8. The van der Waals surface area contributed by atoms with Crippen molar-refractivity contribution in [2.24, 2.45) is 5.41 Å². The molecule has 28 heavy (non-hydrogen) atoms. The van der Waals surface area contributed by atoms with Crippen LogP contribution < -0.4 is 0 Å². The van der Waals surface area contributed by atoms with Gasteiger partial charge in [-0.1, -0.05) is 24.3 Å². The minimum Gasteiger partial charge on any atom is -0.376 e. The second-order valence-electron chi connectivity index (χ2n) is 8.89. The van der Waals surface area contributed by atoms with Gasteiger partial charge in [0.2, 0.25) is 11.8 Å². The predicted molar refractivity (Wildman–Crippen MR) is 108 cm³/mol. The van der Waals surface area contributed by atoms with Crippen LogP contribution in [0, 0.1) is 12.3 Å². The zero-order valence-electron chi connectivity index (χ0n) is 17.0. The first kappa shape index (κ1) is 19.4. The van der Waals surface area contributed by atoms with Crippen LogP contribution in [-0.4, -0.2) is 60.5 Å². The van der Waals surface area contributed by atoms with E-state index in [2.05, 4.69) is 13.0 Å². The monoisotopic (exact) mass is 384 g/mol. The third-order valence-electron chi connectivity index (χ3n) is 6.98. The Morgan fingerprint density at radius 1 is 1.21 bits per heavy atom. The van der Waals surface area contributed by atoms with E-state index in [1.54, 1.807) is 0 Å². The summed E-state index contributed by atoms with van der Waals surface area (Å²) in [6.07, 6.45) is 6.49. The van der Waals surface area contributed by atoms with E-state index in [0.717, 1.165) is 70.5 Å². The van der Waals surface area contributed by atoms with Gasteiger partial charge in [-0.3, -0.25) is 9.59 Å². The molecule has 0 unspecified atom stereocenters. The van der Waals surface area contributed by atoms with Crippen molar-refractivity contribution in [2.45, 2.75) is 58.0 Å². The van der Waals surface area contributed by atoms with Crippen LogP contribution in [0.4, 0.5) is 0 Å². The van der Waals surface area contributed by atoms with Crippen molar-refractivity contribution in [3.63, 3.8) is 0 Å². The first-order valence-electron chi connectivity index (χ1n) is 10.8. The molecule has 2 amide bonds. The van der Waals surface area contributed by atoms with E-state index in [0.29, 0.717) is 12.8 Å². The third kappa shape index (κ3) is 4.24. The van der Waals surface area contributed by atoms with E-state index in [1.165, 1.54) is 5.56 Å². The van der Waals surface area contributed by atoms with Gasteiger partial charge in [0, 0.05) is 39.2 Å². The lowest BCUT2D eigenvalue weighted by molar-refractivity contribution is -0.143. The summed E-state index contributed by atoms with van der Waals surface area (Å²) in [5, 5.41) is 0. The molecule has 0 N–H and O–H groups in total. The number of piperidine rings is 2. The second kappa shape index (κ2) is 8.24. The number of benzene rings is 1. The maximum Gasteiger partial charge on any atom is 0.226 e. The standard InChI is InChI=1S/C23H32N2O3/c1-18-5-2-3-6-19(18)15-22(27)24-12-10-23(11-13-24)9-8-21(26)25(17-23)16-20-7-4-14-28-20/h2-3,5-6,20H,4,7-17H2,1H3/t20-/m1/s1. The van der Waals surface area contributed by atoms with Gasteiger partial charge >= 0.3 is 0 Å². The summed E-state index contributed by atoms with van der Waals surface area (Å²) >= 11 is 0. The number of likely N-dealkylation sites (tertiary alicyclic amines) is 2. The number of ether oxygens (including phenoxy) is 1. The number of aryl methyl sites for hydroxylation is 1. The number of hydrogen-bond donors (Lipinski definition) is 0. The normalized spacial score (nSPS) is 24.8. The van der Waals surface area contributed by atoms with Gasteiger partial charge in [0.1, 0.15) is 0 Å². The van der Waals surface area contributed by atoms with Gasteiger partial charge in [-0.2, -0.15) is 0 Å². The van der Waals surface area contributed by atoms with E-state index in [1.807, 2.05) is 28.0 Å². The van der Waals surface area contributed by atoms with Crippen LogP contribution in [0.3, 0.4) is 0 Å². The Bertz CT molecular complexity index is 718. The molecule has 0 aliphatic carbocycles. The molecule has 3 aliphatic heterocycles. The van der Waals surface area contributed by atoms with Gasteiger partial charge in [0.05, 0.1) is 12.5 Å². The van der Waals surface area contributed by atoms with E-state index in [4.69, 9.17) is 4.74 Å². The molecule has 1 spiro atoms. The molecule has 0 bridgehead atoms. The van der Waals surface area contributed by atoms with E-state index in [-0.39, 0.29) is 23.3 Å². The van der Waals surface area contributed by atoms with Crippen molar-refractivity contribution in [3.05, 3.63) is 35.4 Å². The van der Waals surface area contributed by atoms with Gasteiger partial charge in [0.25, 0.3) is 0 Å². The summed E-state index contributed by atoms with van der Waals surface area (Å²) in [5.74, 6) is 0.506. The van der Waals surface area contributed by atoms with Crippen molar-refractivity contribution < 1.29 is 14.3 Å².